The number of ether oxygens (including phenoxy) is 1. The highest BCUT2D eigenvalue weighted by atomic mass is 35.5. The normalized spacial score (nSPS) is 17.0. The summed E-state index contributed by atoms with van der Waals surface area (Å²) in [4.78, 5) is 13.5. The van der Waals surface area contributed by atoms with Gasteiger partial charge in [0.05, 0.1) is 24.3 Å². The molecule has 2 heterocycles. The minimum Gasteiger partial charge on any atom is -0.379 e. The Morgan fingerprint density at radius 3 is 2.69 bits per heavy atom. The highest BCUT2D eigenvalue weighted by Crippen LogP contribution is 2.27. The first-order chi connectivity index (χ1) is 12.4. The Morgan fingerprint density at radius 1 is 1.31 bits per heavy atom. The van der Waals surface area contributed by atoms with Gasteiger partial charge >= 0.3 is 0 Å². The summed E-state index contributed by atoms with van der Waals surface area (Å²) in [6, 6.07) is 7.99. The van der Waals surface area contributed by atoms with Gasteiger partial charge in [-0.05, 0) is 36.6 Å². The van der Waals surface area contributed by atoms with E-state index >= 15 is 0 Å². The second kappa shape index (κ2) is 8.06. The van der Waals surface area contributed by atoms with Gasteiger partial charge in [0.15, 0.2) is 0 Å². The van der Waals surface area contributed by atoms with Crippen LogP contribution in [0.25, 0.3) is 0 Å². The number of benzene rings is 1. The topological polar surface area (TPSA) is 75.7 Å². The van der Waals surface area contributed by atoms with E-state index in [9.17, 15) is 13.2 Å². The van der Waals surface area contributed by atoms with Crippen LogP contribution in [0.3, 0.4) is 0 Å². The maximum Gasteiger partial charge on any atom is 0.251 e. The van der Waals surface area contributed by atoms with Crippen molar-refractivity contribution in [3.63, 3.8) is 0 Å². The summed E-state index contributed by atoms with van der Waals surface area (Å²) in [7, 11) is -3.78. The van der Waals surface area contributed by atoms with Crippen LogP contribution in [0.4, 0.5) is 0 Å². The maximum absolute atomic E-state index is 12.8. The molecule has 1 aliphatic rings. The zero-order chi connectivity index (χ0) is 18.7. The van der Waals surface area contributed by atoms with Gasteiger partial charge in [-0.15, -0.1) is 11.3 Å². The van der Waals surface area contributed by atoms with Crippen LogP contribution in [0, 0.1) is 0 Å². The fraction of sp³-hybridized carbons (Fsp3) is 0.353. The van der Waals surface area contributed by atoms with Gasteiger partial charge in [-0.3, -0.25) is 4.79 Å². The molecule has 0 radical (unpaired) electrons. The van der Waals surface area contributed by atoms with Crippen molar-refractivity contribution < 1.29 is 17.9 Å². The highest BCUT2D eigenvalue weighted by molar-refractivity contribution is 7.89. The van der Waals surface area contributed by atoms with Crippen LogP contribution in [-0.4, -0.2) is 44.9 Å². The van der Waals surface area contributed by atoms with Gasteiger partial charge in [0.25, 0.3) is 5.91 Å². The predicted octanol–water partition coefficient (Wildman–Crippen LogP) is 2.91. The first-order valence-electron chi connectivity index (χ1n) is 8.11. The Balaban J connectivity index is 1.84. The number of sulfonamides is 1. The molecule has 0 unspecified atom stereocenters. The second-order valence-electron chi connectivity index (χ2n) is 5.87. The molecule has 0 spiro atoms. The lowest BCUT2D eigenvalue weighted by molar-refractivity contribution is 0.0730. The minimum atomic E-state index is -3.78. The summed E-state index contributed by atoms with van der Waals surface area (Å²) in [5, 5.41) is 4.91. The van der Waals surface area contributed by atoms with E-state index < -0.39 is 10.0 Å². The summed E-state index contributed by atoms with van der Waals surface area (Å²) in [6.07, 6.45) is 0. The number of carbonyl (C=O) groups excluding carboxylic acids is 1. The monoisotopic (exact) mass is 414 g/mol. The third kappa shape index (κ3) is 4.10. The number of nitrogens with zero attached hydrogens (tertiary/aromatic N) is 1. The van der Waals surface area contributed by atoms with Gasteiger partial charge in [0.1, 0.15) is 4.90 Å². The minimum absolute atomic E-state index is 0.0579. The molecule has 1 aliphatic heterocycles. The fourth-order valence-electron chi connectivity index (χ4n) is 2.66. The number of hydrogen-bond donors (Lipinski definition) is 1. The highest BCUT2D eigenvalue weighted by Gasteiger charge is 2.29. The standard InChI is InChI=1S/C17H19ClN2O4S2/c1-12(15-3-2-10-25-15)19-17(21)13-4-5-14(18)16(11-13)26(22,23)20-6-8-24-9-7-20/h2-5,10-12H,6-9H2,1H3,(H,19,21)/t12-/m1/s1. The number of hydrogen-bond acceptors (Lipinski definition) is 5. The Hall–Kier alpha value is -1.45. The van der Waals surface area contributed by atoms with Crippen LogP contribution in [0.2, 0.25) is 5.02 Å². The van der Waals surface area contributed by atoms with Gasteiger partial charge in [-0.25, -0.2) is 8.42 Å². The van der Waals surface area contributed by atoms with Crippen LogP contribution < -0.4 is 5.32 Å². The zero-order valence-electron chi connectivity index (χ0n) is 14.1. The van der Waals surface area contributed by atoms with Crippen molar-refractivity contribution in [2.45, 2.75) is 17.9 Å². The number of amides is 1. The molecular formula is C17H19ClN2O4S2. The molecular weight excluding hydrogens is 396 g/mol. The molecule has 1 N–H and O–H groups in total. The zero-order valence-corrected chi connectivity index (χ0v) is 16.5. The van der Waals surface area contributed by atoms with Crippen molar-refractivity contribution in [2.24, 2.45) is 0 Å². The third-order valence-electron chi connectivity index (χ3n) is 4.10. The SMILES string of the molecule is C[C@@H](NC(=O)c1ccc(Cl)c(S(=O)(=O)N2CCOCC2)c1)c1cccs1. The molecule has 1 saturated heterocycles. The van der Waals surface area contributed by atoms with E-state index in [1.165, 1.54) is 22.5 Å². The number of morpholine rings is 1. The number of thiophene rings is 1. The van der Waals surface area contributed by atoms with Crippen LogP contribution in [0.1, 0.15) is 28.2 Å². The van der Waals surface area contributed by atoms with Crippen LogP contribution >= 0.6 is 22.9 Å². The molecule has 26 heavy (non-hydrogen) atoms. The molecule has 0 bridgehead atoms. The summed E-state index contributed by atoms with van der Waals surface area (Å²) in [5.41, 5.74) is 0.254. The van der Waals surface area contributed by atoms with E-state index in [1.807, 2.05) is 24.4 Å². The summed E-state index contributed by atoms with van der Waals surface area (Å²) < 4.78 is 32.2. The number of rotatable bonds is 5. The van der Waals surface area contributed by atoms with Crippen molar-refractivity contribution in [3.8, 4) is 0 Å². The quantitative estimate of drug-likeness (QED) is 0.816. The number of halogens is 1. The third-order valence-corrected chi connectivity index (χ3v) is 7.53. The Labute approximate surface area is 161 Å². The molecule has 3 rings (SSSR count). The first-order valence-corrected chi connectivity index (χ1v) is 10.8. The average Bonchev–Trinajstić information content (AvgIpc) is 3.17. The molecule has 1 amide bonds. The Morgan fingerprint density at radius 2 is 2.04 bits per heavy atom. The van der Waals surface area contributed by atoms with Gasteiger partial charge in [0.2, 0.25) is 10.0 Å². The van der Waals surface area contributed by atoms with E-state index in [1.54, 1.807) is 11.3 Å². The van der Waals surface area contributed by atoms with E-state index in [4.69, 9.17) is 16.3 Å². The van der Waals surface area contributed by atoms with Crippen LogP contribution in [0.5, 0.6) is 0 Å². The molecule has 1 aromatic heterocycles. The average molecular weight is 415 g/mol. The molecule has 2 aromatic rings. The molecule has 9 heteroatoms. The molecule has 0 aliphatic carbocycles. The van der Waals surface area contributed by atoms with Crippen molar-refractivity contribution in [3.05, 3.63) is 51.2 Å². The number of nitrogens with one attached hydrogen (secondary N) is 1. The lowest BCUT2D eigenvalue weighted by Gasteiger charge is -2.26. The van der Waals surface area contributed by atoms with Crippen molar-refractivity contribution in [2.75, 3.05) is 26.3 Å². The van der Waals surface area contributed by atoms with Gasteiger partial charge in [-0.1, -0.05) is 17.7 Å². The Bertz CT molecular complexity index is 878. The van der Waals surface area contributed by atoms with Gasteiger partial charge < -0.3 is 10.1 Å². The largest absolute Gasteiger partial charge is 0.379 e. The molecule has 1 fully saturated rings. The number of carbonyl (C=O) groups is 1. The smallest absolute Gasteiger partial charge is 0.251 e. The van der Waals surface area contributed by atoms with E-state index in [2.05, 4.69) is 5.32 Å². The van der Waals surface area contributed by atoms with E-state index in [0.717, 1.165) is 4.88 Å². The van der Waals surface area contributed by atoms with Crippen LogP contribution in [-0.2, 0) is 14.8 Å². The van der Waals surface area contributed by atoms with Gasteiger partial charge in [0, 0.05) is 23.5 Å². The molecule has 140 valence electrons. The summed E-state index contributed by atoms with van der Waals surface area (Å²) in [5.74, 6) is -0.346. The van der Waals surface area contributed by atoms with Crippen molar-refractivity contribution in [1.82, 2.24) is 9.62 Å². The summed E-state index contributed by atoms with van der Waals surface area (Å²) in [6.45, 7) is 3.10. The second-order valence-corrected chi connectivity index (χ2v) is 9.17. The van der Waals surface area contributed by atoms with E-state index in [0.29, 0.717) is 13.2 Å². The fourth-order valence-corrected chi connectivity index (χ4v) is 5.30. The maximum atomic E-state index is 12.8. The summed E-state index contributed by atoms with van der Waals surface area (Å²) >= 11 is 7.67. The predicted molar refractivity (Wildman–Crippen MR) is 101 cm³/mol. The lowest BCUT2D eigenvalue weighted by Crippen LogP contribution is -2.40. The van der Waals surface area contributed by atoms with Crippen molar-refractivity contribution >= 4 is 38.9 Å². The van der Waals surface area contributed by atoms with Gasteiger partial charge in [-0.2, -0.15) is 4.31 Å². The first kappa shape index (κ1) is 19.3. The van der Waals surface area contributed by atoms with Crippen molar-refractivity contribution in [1.29, 1.82) is 0 Å². The molecule has 0 saturated carbocycles. The molecule has 1 atom stereocenters. The lowest BCUT2D eigenvalue weighted by atomic mass is 10.2. The molecule has 6 nitrogen and oxygen atoms in total. The molecule has 1 aromatic carbocycles. The van der Waals surface area contributed by atoms with Crippen LogP contribution in [0.15, 0.2) is 40.6 Å². The Kier molecular flexibility index (Phi) is 5.99. The van der Waals surface area contributed by atoms with E-state index in [-0.39, 0.29) is 40.5 Å².